The van der Waals surface area contributed by atoms with E-state index in [4.69, 9.17) is 9.63 Å². The fourth-order valence-electron chi connectivity index (χ4n) is 1.75. The molecule has 6 heteroatoms. The standard InChI is InChI=1S/C11H17N3O3/c1-2-5-14(7-10(15)16)6-9-12-11(13-17-9)8-3-4-8/h8H,2-7H2,1H3,(H,15,16). The van der Waals surface area contributed by atoms with E-state index in [9.17, 15) is 4.79 Å². The molecule has 0 saturated heterocycles. The molecule has 0 atom stereocenters. The minimum Gasteiger partial charge on any atom is -0.480 e. The summed E-state index contributed by atoms with van der Waals surface area (Å²) in [6.45, 7) is 3.15. The van der Waals surface area contributed by atoms with Crippen LogP contribution in [0.2, 0.25) is 0 Å². The average Bonchev–Trinajstić information content (AvgIpc) is 3.00. The van der Waals surface area contributed by atoms with Crippen LogP contribution in [0, 0.1) is 0 Å². The summed E-state index contributed by atoms with van der Waals surface area (Å²) in [5.74, 6) is 0.917. The highest BCUT2D eigenvalue weighted by Gasteiger charge is 2.29. The van der Waals surface area contributed by atoms with E-state index in [0.717, 1.165) is 25.1 Å². The lowest BCUT2D eigenvalue weighted by atomic mass is 10.4. The topological polar surface area (TPSA) is 79.5 Å². The molecule has 0 radical (unpaired) electrons. The van der Waals surface area contributed by atoms with E-state index in [2.05, 4.69) is 10.1 Å². The SMILES string of the molecule is CCCN(CC(=O)O)Cc1nc(C2CC2)no1. The Morgan fingerprint density at radius 2 is 2.35 bits per heavy atom. The average molecular weight is 239 g/mol. The molecule has 1 aromatic rings. The van der Waals surface area contributed by atoms with Crippen LogP contribution < -0.4 is 0 Å². The second-order valence-electron chi connectivity index (χ2n) is 4.42. The molecule has 1 aromatic heterocycles. The molecule has 0 aromatic carbocycles. The van der Waals surface area contributed by atoms with Crippen LogP contribution in [-0.4, -0.2) is 39.2 Å². The number of carboxylic acid groups (broad SMARTS) is 1. The van der Waals surface area contributed by atoms with Gasteiger partial charge in [-0.3, -0.25) is 9.69 Å². The molecule has 0 amide bonds. The molecular formula is C11H17N3O3. The van der Waals surface area contributed by atoms with Gasteiger partial charge in [-0.05, 0) is 25.8 Å². The van der Waals surface area contributed by atoms with Gasteiger partial charge in [-0.2, -0.15) is 4.98 Å². The first-order chi connectivity index (χ1) is 8.19. The third-order valence-electron chi connectivity index (χ3n) is 2.68. The van der Waals surface area contributed by atoms with Crippen molar-refractivity contribution in [3.05, 3.63) is 11.7 Å². The number of carbonyl (C=O) groups is 1. The Bertz CT molecular complexity index is 387. The van der Waals surface area contributed by atoms with Gasteiger partial charge >= 0.3 is 5.97 Å². The van der Waals surface area contributed by atoms with E-state index >= 15 is 0 Å². The van der Waals surface area contributed by atoms with Crippen molar-refractivity contribution in [3.63, 3.8) is 0 Å². The largest absolute Gasteiger partial charge is 0.480 e. The van der Waals surface area contributed by atoms with E-state index in [0.29, 0.717) is 24.9 Å². The number of aromatic nitrogens is 2. The third kappa shape index (κ3) is 3.52. The van der Waals surface area contributed by atoms with E-state index in [1.165, 1.54) is 0 Å². The highest BCUT2D eigenvalue weighted by molar-refractivity contribution is 5.69. The molecule has 2 rings (SSSR count). The van der Waals surface area contributed by atoms with Crippen LogP contribution in [0.4, 0.5) is 0 Å². The lowest BCUT2D eigenvalue weighted by Gasteiger charge is -2.16. The van der Waals surface area contributed by atoms with Gasteiger partial charge in [0.25, 0.3) is 0 Å². The maximum Gasteiger partial charge on any atom is 0.317 e. The molecule has 0 bridgehead atoms. The number of aliphatic carboxylic acids is 1. The highest BCUT2D eigenvalue weighted by atomic mass is 16.5. The molecule has 0 spiro atoms. The second-order valence-corrected chi connectivity index (χ2v) is 4.42. The van der Waals surface area contributed by atoms with Gasteiger partial charge in [-0.15, -0.1) is 0 Å². The summed E-state index contributed by atoms with van der Waals surface area (Å²) < 4.78 is 5.13. The van der Waals surface area contributed by atoms with Crippen molar-refractivity contribution in [3.8, 4) is 0 Å². The van der Waals surface area contributed by atoms with Crippen LogP contribution in [0.3, 0.4) is 0 Å². The normalized spacial score (nSPS) is 15.4. The molecule has 0 unspecified atom stereocenters. The number of hydrogen-bond donors (Lipinski definition) is 1. The van der Waals surface area contributed by atoms with E-state index < -0.39 is 5.97 Å². The molecular weight excluding hydrogens is 222 g/mol. The van der Waals surface area contributed by atoms with Crippen LogP contribution in [0.1, 0.15) is 43.8 Å². The molecule has 1 aliphatic rings. The van der Waals surface area contributed by atoms with Crippen LogP contribution in [0.25, 0.3) is 0 Å². The summed E-state index contributed by atoms with van der Waals surface area (Å²) in [5, 5.41) is 12.7. The summed E-state index contributed by atoms with van der Waals surface area (Å²) >= 11 is 0. The lowest BCUT2D eigenvalue weighted by molar-refractivity contribution is -0.138. The molecule has 1 N–H and O–H groups in total. The molecule has 1 saturated carbocycles. The van der Waals surface area contributed by atoms with Gasteiger partial charge in [0.1, 0.15) is 0 Å². The first-order valence-corrected chi connectivity index (χ1v) is 5.95. The van der Waals surface area contributed by atoms with Crippen molar-refractivity contribution >= 4 is 5.97 Å². The Morgan fingerprint density at radius 1 is 1.59 bits per heavy atom. The lowest BCUT2D eigenvalue weighted by Crippen LogP contribution is -2.30. The third-order valence-corrected chi connectivity index (χ3v) is 2.68. The van der Waals surface area contributed by atoms with Crippen molar-refractivity contribution in [2.75, 3.05) is 13.1 Å². The minimum absolute atomic E-state index is 0.00891. The second kappa shape index (κ2) is 5.27. The Labute approximate surface area is 99.6 Å². The molecule has 94 valence electrons. The van der Waals surface area contributed by atoms with Crippen molar-refractivity contribution < 1.29 is 14.4 Å². The highest BCUT2D eigenvalue weighted by Crippen LogP contribution is 2.38. The summed E-state index contributed by atoms with van der Waals surface area (Å²) in [5.41, 5.74) is 0. The van der Waals surface area contributed by atoms with Crippen LogP contribution in [-0.2, 0) is 11.3 Å². The van der Waals surface area contributed by atoms with Crippen molar-refractivity contribution in [2.24, 2.45) is 0 Å². The summed E-state index contributed by atoms with van der Waals surface area (Å²) in [6.07, 6.45) is 3.16. The molecule has 1 fully saturated rings. The number of rotatable bonds is 7. The molecule has 1 aliphatic carbocycles. The fraction of sp³-hybridized carbons (Fsp3) is 0.727. The van der Waals surface area contributed by atoms with E-state index in [1.807, 2.05) is 6.92 Å². The van der Waals surface area contributed by atoms with Gasteiger partial charge < -0.3 is 9.63 Å². The Morgan fingerprint density at radius 3 is 2.94 bits per heavy atom. The summed E-state index contributed by atoms with van der Waals surface area (Å²) in [4.78, 5) is 16.8. The smallest absolute Gasteiger partial charge is 0.317 e. The van der Waals surface area contributed by atoms with E-state index in [1.54, 1.807) is 4.90 Å². The number of carboxylic acids is 1. The summed E-state index contributed by atoms with van der Waals surface area (Å²) in [7, 11) is 0. The van der Waals surface area contributed by atoms with Crippen LogP contribution in [0.5, 0.6) is 0 Å². The van der Waals surface area contributed by atoms with E-state index in [-0.39, 0.29) is 6.54 Å². The monoisotopic (exact) mass is 239 g/mol. The number of nitrogens with zero attached hydrogens (tertiary/aromatic N) is 3. The zero-order valence-electron chi connectivity index (χ0n) is 9.93. The van der Waals surface area contributed by atoms with Crippen molar-refractivity contribution in [1.82, 2.24) is 15.0 Å². The van der Waals surface area contributed by atoms with Gasteiger partial charge in [-0.25, -0.2) is 0 Å². The number of hydrogen-bond acceptors (Lipinski definition) is 5. The maximum atomic E-state index is 10.7. The quantitative estimate of drug-likeness (QED) is 0.771. The van der Waals surface area contributed by atoms with Crippen LogP contribution >= 0.6 is 0 Å². The van der Waals surface area contributed by atoms with Gasteiger partial charge in [0.05, 0.1) is 13.1 Å². The minimum atomic E-state index is -0.833. The molecule has 6 nitrogen and oxygen atoms in total. The van der Waals surface area contributed by atoms with Crippen molar-refractivity contribution in [2.45, 2.75) is 38.6 Å². The molecule has 17 heavy (non-hydrogen) atoms. The van der Waals surface area contributed by atoms with Crippen molar-refractivity contribution in [1.29, 1.82) is 0 Å². The maximum absolute atomic E-state index is 10.7. The van der Waals surface area contributed by atoms with Crippen LogP contribution in [0.15, 0.2) is 4.52 Å². The zero-order valence-corrected chi connectivity index (χ0v) is 9.93. The fourth-order valence-corrected chi connectivity index (χ4v) is 1.75. The zero-order chi connectivity index (χ0) is 12.3. The summed E-state index contributed by atoms with van der Waals surface area (Å²) in [6, 6.07) is 0. The van der Waals surface area contributed by atoms with Gasteiger partial charge in [0, 0.05) is 5.92 Å². The molecule has 1 heterocycles. The predicted octanol–water partition coefficient (Wildman–Crippen LogP) is 1.24. The predicted molar refractivity (Wildman–Crippen MR) is 59.5 cm³/mol. The molecule has 0 aliphatic heterocycles. The first-order valence-electron chi connectivity index (χ1n) is 5.95. The Kier molecular flexibility index (Phi) is 3.73. The van der Waals surface area contributed by atoms with Gasteiger partial charge in [0.15, 0.2) is 5.82 Å². The Balaban J connectivity index is 1.92. The first kappa shape index (κ1) is 12.0. The Hall–Kier alpha value is -1.43. The van der Waals surface area contributed by atoms with Gasteiger partial charge in [-0.1, -0.05) is 12.1 Å². The van der Waals surface area contributed by atoms with Gasteiger partial charge in [0.2, 0.25) is 5.89 Å².